The van der Waals surface area contributed by atoms with Crippen molar-refractivity contribution in [2.75, 3.05) is 13.2 Å². The lowest BCUT2D eigenvalue weighted by Gasteiger charge is -2.24. The molecule has 1 aromatic carbocycles. The third-order valence-corrected chi connectivity index (χ3v) is 5.08. The SMILES string of the molecule is O=C(/C=C/c1cccc(Cl)c1Cl)N(Cc1cccnc1)CC1CCCO1. The van der Waals surface area contributed by atoms with E-state index in [1.165, 1.54) is 6.08 Å². The summed E-state index contributed by atoms with van der Waals surface area (Å²) < 4.78 is 5.70. The Kier molecular flexibility index (Phi) is 6.67. The summed E-state index contributed by atoms with van der Waals surface area (Å²) in [4.78, 5) is 18.7. The highest BCUT2D eigenvalue weighted by atomic mass is 35.5. The fraction of sp³-hybridized carbons (Fsp3) is 0.300. The number of carbonyl (C=O) groups excluding carboxylic acids is 1. The highest BCUT2D eigenvalue weighted by Crippen LogP contribution is 2.26. The number of rotatable bonds is 6. The Balaban J connectivity index is 1.74. The van der Waals surface area contributed by atoms with Crippen molar-refractivity contribution >= 4 is 35.2 Å². The van der Waals surface area contributed by atoms with Gasteiger partial charge >= 0.3 is 0 Å². The Morgan fingerprint density at radius 2 is 2.19 bits per heavy atom. The summed E-state index contributed by atoms with van der Waals surface area (Å²) in [5.74, 6) is -0.0969. The minimum atomic E-state index is -0.0969. The summed E-state index contributed by atoms with van der Waals surface area (Å²) >= 11 is 12.2. The van der Waals surface area contributed by atoms with Crippen LogP contribution in [0.4, 0.5) is 0 Å². The molecule has 26 heavy (non-hydrogen) atoms. The predicted octanol–water partition coefficient (Wildman–Crippen LogP) is 4.61. The normalized spacial score (nSPS) is 16.9. The van der Waals surface area contributed by atoms with Gasteiger partial charge in [0, 0.05) is 38.2 Å². The number of amides is 1. The number of nitrogens with zero attached hydrogens (tertiary/aromatic N) is 2. The van der Waals surface area contributed by atoms with Crippen LogP contribution in [0, 0.1) is 0 Å². The second kappa shape index (κ2) is 9.17. The molecule has 1 saturated heterocycles. The summed E-state index contributed by atoms with van der Waals surface area (Å²) in [6.45, 7) is 1.80. The molecule has 1 fully saturated rings. The first kappa shape index (κ1) is 18.9. The van der Waals surface area contributed by atoms with E-state index in [4.69, 9.17) is 27.9 Å². The fourth-order valence-electron chi connectivity index (χ4n) is 2.89. The van der Waals surface area contributed by atoms with E-state index < -0.39 is 0 Å². The van der Waals surface area contributed by atoms with Gasteiger partial charge in [-0.05, 0) is 42.2 Å². The molecule has 4 nitrogen and oxygen atoms in total. The van der Waals surface area contributed by atoms with E-state index in [2.05, 4.69) is 4.98 Å². The number of benzene rings is 1. The van der Waals surface area contributed by atoms with E-state index in [9.17, 15) is 4.79 Å². The Hall–Kier alpha value is -1.88. The lowest BCUT2D eigenvalue weighted by Crippen LogP contribution is -2.35. The third-order valence-electron chi connectivity index (χ3n) is 4.24. The van der Waals surface area contributed by atoms with Crippen LogP contribution in [-0.2, 0) is 16.1 Å². The smallest absolute Gasteiger partial charge is 0.246 e. The quantitative estimate of drug-likeness (QED) is 0.676. The van der Waals surface area contributed by atoms with Gasteiger partial charge < -0.3 is 9.64 Å². The average Bonchev–Trinajstić information content (AvgIpc) is 3.16. The number of ether oxygens (including phenoxy) is 1. The molecular formula is C20H20Cl2N2O2. The Morgan fingerprint density at radius 3 is 2.92 bits per heavy atom. The van der Waals surface area contributed by atoms with Crippen molar-refractivity contribution in [3.05, 3.63) is 70.0 Å². The van der Waals surface area contributed by atoms with Gasteiger partial charge in [-0.3, -0.25) is 9.78 Å². The molecule has 6 heteroatoms. The van der Waals surface area contributed by atoms with Gasteiger partial charge in [0.1, 0.15) is 0 Å². The second-order valence-electron chi connectivity index (χ2n) is 6.19. The van der Waals surface area contributed by atoms with Crippen molar-refractivity contribution in [3.8, 4) is 0 Å². The number of hydrogen-bond acceptors (Lipinski definition) is 3. The van der Waals surface area contributed by atoms with Crippen molar-refractivity contribution in [1.82, 2.24) is 9.88 Å². The maximum absolute atomic E-state index is 12.8. The Bertz CT molecular complexity index is 775. The van der Waals surface area contributed by atoms with Crippen LogP contribution in [0.3, 0.4) is 0 Å². The molecule has 0 spiro atoms. The lowest BCUT2D eigenvalue weighted by molar-refractivity contribution is -0.128. The summed E-state index contributed by atoms with van der Waals surface area (Å²) in [6.07, 6.45) is 8.81. The van der Waals surface area contributed by atoms with Gasteiger partial charge in [-0.25, -0.2) is 0 Å². The molecular weight excluding hydrogens is 371 g/mol. The summed E-state index contributed by atoms with van der Waals surface area (Å²) in [7, 11) is 0. The molecule has 2 aromatic rings. The van der Waals surface area contributed by atoms with E-state index in [-0.39, 0.29) is 12.0 Å². The van der Waals surface area contributed by atoms with E-state index in [0.29, 0.717) is 28.7 Å². The maximum atomic E-state index is 12.8. The van der Waals surface area contributed by atoms with Crippen LogP contribution in [0.2, 0.25) is 10.0 Å². The molecule has 0 bridgehead atoms. The predicted molar refractivity (Wildman–Crippen MR) is 104 cm³/mol. The molecule has 1 aromatic heterocycles. The van der Waals surface area contributed by atoms with Crippen molar-refractivity contribution in [3.63, 3.8) is 0 Å². The van der Waals surface area contributed by atoms with Crippen molar-refractivity contribution in [2.45, 2.75) is 25.5 Å². The number of hydrogen-bond donors (Lipinski definition) is 0. The van der Waals surface area contributed by atoms with Crippen LogP contribution >= 0.6 is 23.2 Å². The van der Waals surface area contributed by atoms with Gasteiger partial charge in [0.25, 0.3) is 0 Å². The standard InChI is InChI=1S/C20H20Cl2N2O2/c21-18-7-1-5-16(20(18)22)8-9-19(25)24(14-17-6-3-11-26-17)13-15-4-2-10-23-12-15/h1-2,4-5,7-10,12,17H,3,6,11,13-14H2/b9-8+. The van der Waals surface area contributed by atoms with Gasteiger partial charge in [0.05, 0.1) is 16.1 Å². The van der Waals surface area contributed by atoms with Crippen LogP contribution < -0.4 is 0 Å². The van der Waals surface area contributed by atoms with Crippen LogP contribution in [-0.4, -0.2) is 35.0 Å². The zero-order chi connectivity index (χ0) is 18.4. The van der Waals surface area contributed by atoms with Gasteiger partial charge in [0.15, 0.2) is 0 Å². The van der Waals surface area contributed by atoms with Crippen LogP contribution in [0.25, 0.3) is 6.08 Å². The average molecular weight is 391 g/mol. The van der Waals surface area contributed by atoms with Crippen molar-refractivity contribution in [2.24, 2.45) is 0 Å². The largest absolute Gasteiger partial charge is 0.376 e. The second-order valence-corrected chi connectivity index (χ2v) is 6.98. The van der Waals surface area contributed by atoms with Gasteiger partial charge in [-0.2, -0.15) is 0 Å². The minimum absolute atomic E-state index is 0.0822. The van der Waals surface area contributed by atoms with E-state index in [0.717, 1.165) is 25.0 Å². The number of aromatic nitrogens is 1. The minimum Gasteiger partial charge on any atom is -0.376 e. The van der Waals surface area contributed by atoms with Gasteiger partial charge in [-0.15, -0.1) is 0 Å². The molecule has 1 aliphatic heterocycles. The zero-order valence-electron chi connectivity index (χ0n) is 14.3. The summed E-state index contributed by atoms with van der Waals surface area (Å²) in [5, 5.41) is 0.906. The molecule has 0 N–H and O–H groups in total. The van der Waals surface area contributed by atoms with Gasteiger partial charge in [0.2, 0.25) is 5.91 Å². The topological polar surface area (TPSA) is 42.4 Å². The molecule has 136 valence electrons. The summed E-state index contributed by atoms with van der Waals surface area (Å²) in [5.41, 5.74) is 1.69. The molecule has 3 rings (SSSR count). The zero-order valence-corrected chi connectivity index (χ0v) is 15.8. The van der Waals surface area contributed by atoms with Gasteiger partial charge in [-0.1, -0.05) is 41.4 Å². The molecule has 1 amide bonds. The highest BCUT2D eigenvalue weighted by molar-refractivity contribution is 6.42. The van der Waals surface area contributed by atoms with Crippen molar-refractivity contribution < 1.29 is 9.53 Å². The molecule has 1 atom stereocenters. The summed E-state index contributed by atoms with van der Waals surface area (Å²) in [6, 6.07) is 9.17. The molecule has 2 heterocycles. The molecule has 0 aliphatic carbocycles. The van der Waals surface area contributed by atoms with E-state index >= 15 is 0 Å². The van der Waals surface area contributed by atoms with Crippen LogP contribution in [0.5, 0.6) is 0 Å². The molecule has 1 aliphatic rings. The number of carbonyl (C=O) groups is 1. The Labute approximate surface area is 163 Å². The van der Waals surface area contributed by atoms with E-state index in [1.807, 2.05) is 18.2 Å². The molecule has 0 saturated carbocycles. The monoisotopic (exact) mass is 390 g/mol. The molecule has 0 radical (unpaired) electrons. The molecule has 1 unspecified atom stereocenters. The highest BCUT2D eigenvalue weighted by Gasteiger charge is 2.21. The first-order valence-corrected chi connectivity index (χ1v) is 9.30. The van der Waals surface area contributed by atoms with Crippen LogP contribution in [0.1, 0.15) is 24.0 Å². The van der Waals surface area contributed by atoms with Crippen molar-refractivity contribution in [1.29, 1.82) is 0 Å². The maximum Gasteiger partial charge on any atom is 0.246 e. The first-order valence-electron chi connectivity index (χ1n) is 8.55. The Morgan fingerprint density at radius 1 is 1.31 bits per heavy atom. The fourth-order valence-corrected chi connectivity index (χ4v) is 3.27. The first-order chi connectivity index (χ1) is 12.6. The number of halogens is 2. The lowest BCUT2D eigenvalue weighted by atomic mass is 10.2. The number of pyridine rings is 1. The third kappa shape index (κ3) is 5.07. The van der Waals surface area contributed by atoms with E-state index in [1.54, 1.807) is 35.5 Å². The van der Waals surface area contributed by atoms with Crippen LogP contribution in [0.15, 0.2) is 48.8 Å².